The van der Waals surface area contributed by atoms with Gasteiger partial charge in [-0.1, -0.05) is 24.3 Å². The Kier molecular flexibility index (Phi) is 4.73. The van der Waals surface area contributed by atoms with E-state index in [2.05, 4.69) is 27.4 Å². The molecule has 0 spiro atoms. The molecular weight excluding hydrogens is 292 g/mol. The van der Waals surface area contributed by atoms with Gasteiger partial charge < -0.3 is 10.4 Å². The van der Waals surface area contributed by atoms with Gasteiger partial charge in [-0.25, -0.2) is 0 Å². The summed E-state index contributed by atoms with van der Waals surface area (Å²) in [5, 5.41) is 17.2. The van der Waals surface area contributed by atoms with Crippen molar-refractivity contribution >= 4 is 5.91 Å². The molecule has 1 aromatic carbocycles. The summed E-state index contributed by atoms with van der Waals surface area (Å²) in [4.78, 5) is 14.3. The zero-order chi connectivity index (χ0) is 16.2. The first kappa shape index (κ1) is 15.7. The summed E-state index contributed by atoms with van der Waals surface area (Å²) in [6.07, 6.45) is 3.61. The SMILES string of the molecule is CNC(=O)[C@H]1Cc2ccccc2CN1C[C@H](O)Cn1cccn1. The highest BCUT2D eigenvalue weighted by molar-refractivity contribution is 5.82. The molecular formula is C17H22N4O2. The topological polar surface area (TPSA) is 70.4 Å². The number of β-amino-alcohol motifs (C(OH)–C–C–N with tert-alkyl or cyclic N) is 1. The predicted octanol–water partition coefficient (Wildman–Crippen LogP) is 0.417. The average molecular weight is 314 g/mol. The lowest BCUT2D eigenvalue weighted by Gasteiger charge is -2.36. The number of nitrogens with zero attached hydrogens (tertiary/aromatic N) is 3. The van der Waals surface area contributed by atoms with E-state index in [0.717, 1.165) is 0 Å². The average Bonchev–Trinajstić information content (AvgIpc) is 3.06. The fourth-order valence-electron chi connectivity index (χ4n) is 3.15. The molecule has 2 heterocycles. The molecule has 0 unspecified atom stereocenters. The number of benzene rings is 1. The molecule has 0 saturated carbocycles. The Morgan fingerprint density at radius 1 is 1.35 bits per heavy atom. The van der Waals surface area contributed by atoms with Crippen LogP contribution in [0.3, 0.4) is 0 Å². The zero-order valence-corrected chi connectivity index (χ0v) is 13.2. The first-order valence-corrected chi connectivity index (χ1v) is 7.85. The lowest BCUT2D eigenvalue weighted by molar-refractivity contribution is -0.127. The van der Waals surface area contributed by atoms with Gasteiger partial charge in [0, 0.05) is 32.5 Å². The van der Waals surface area contributed by atoms with E-state index in [1.54, 1.807) is 17.9 Å². The third-order valence-electron chi connectivity index (χ3n) is 4.30. The number of hydrogen-bond donors (Lipinski definition) is 2. The number of likely N-dealkylation sites (N-methyl/N-ethyl adjacent to an activating group) is 1. The van der Waals surface area contributed by atoms with Crippen molar-refractivity contribution in [1.29, 1.82) is 0 Å². The minimum atomic E-state index is -0.577. The highest BCUT2D eigenvalue weighted by Gasteiger charge is 2.31. The van der Waals surface area contributed by atoms with Crippen molar-refractivity contribution in [3.8, 4) is 0 Å². The number of rotatable bonds is 5. The molecule has 23 heavy (non-hydrogen) atoms. The van der Waals surface area contributed by atoms with Crippen LogP contribution in [-0.4, -0.2) is 51.4 Å². The normalized spacial score (nSPS) is 19.1. The monoisotopic (exact) mass is 314 g/mol. The van der Waals surface area contributed by atoms with E-state index >= 15 is 0 Å². The molecule has 2 aromatic rings. The maximum Gasteiger partial charge on any atom is 0.237 e. The van der Waals surface area contributed by atoms with Crippen LogP contribution in [0.4, 0.5) is 0 Å². The number of hydrogen-bond acceptors (Lipinski definition) is 4. The Hall–Kier alpha value is -2.18. The van der Waals surface area contributed by atoms with Gasteiger partial charge in [0.15, 0.2) is 0 Å². The van der Waals surface area contributed by atoms with Crippen LogP contribution in [0.2, 0.25) is 0 Å². The molecule has 1 aromatic heterocycles. The first-order valence-electron chi connectivity index (χ1n) is 7.85. The highest BCUT2D eigenvalue weighted by atomic mass is 16.3. The molecule has 0 radical (unpaired) electrons. The van der Waals surface area contributed by atoms with Gasteiger partial charge in [-0.05, 0) is 23.6 Å². The van der Waals surface area contributed by atoms with Crippen molar-refractivity contribution < 1.29 is 9.90 Å². The van der Waals surface area contributed by atoms with Gasteiger partial charge in [-0.2, -0.15) is 5.10 Å². The number of amides is 1. The summed E-state index contributed by atoms with van der Waals surface area (Å²) in [5.41, 5.74) is 2.43. The van der Waals surface area contributed by atoms with E-state index in [-0.39, 0.29) is 11.9 Å². The molecule has 3 rings (SSSR count). The Balaban J connectivity index is 1.73. The van der Waals surface area contributed by atoms with Gasteiger partial charge in [0.25, 0.3) is 0 Å². The maximum absolute atomic E-state index is 12.2. The largest absolute Gasteiger partial charge is 0.390 e. The molecule has 1 amide bonds. The fraction of sp³-hybridized carbons (Fsp3) is 0.412. The van der Waals surface area contributed by atoms with Crippen molar-refractivity contribution in [2.75, 3.05) is 13.6 Å². The lowest BCUT2D eigenvalue weighted by Crippen LogP contribution is -2.52. The van der Waals surface area contributed by atoms with Crippen LogP contribution >= 0.6 is 0 Å². The van der Waals surface area contributed by atoms with Crippen LogP contribution in [0.15, 0.2) is 42.7 Å². The zero-order valence-electron chi connectivity index (χ0n) is 13.2. The van der Waals surface area contributed by atoms with Crippen molar-refractivity contribution in [2.24, 2.45) is 0 Å². The van der Waals surface area contributed by atoms with Gasteiger partial charge >= 0.3 is 0 Å². The molecule has 2 N–H and O–H groups in total. The summed E-state index contributed by atoms with van der Waals surface area (Å²) >= 11 is 0. The van der Waals surface area contributed by atoms with Crippen molar-refractivity contribution in [3.05, 3.63) is 53.9 Å². The van der Waals surface area contributed by atoms with Crippen molar-refractivity contribution in [2.45, 2.75) is 31.7 Å². The highest BCUT2D eigenvalue weighted by Crippen LogP contribution is 2.23. The van der Waals surface area contributed by atoms with Crippen LogP contribution in [0.25, 0.3) is 0 Å². The van der Waals surface area contributed by atoms with Gasteiger partial charge in [-0.15, -0.1) is 0 Å². The summed E-state index contributed by atoms with van der Waals surface area (Å²) in [6, 6.07) is 9.75. The summed E-state index contributed by atoms with van der Waals surface area (Å²) in [5.74, 6) is -0.00853. The molecule has 1 aliphatic heterocycles. The number of nitrogens with one attached hydrogen (secondary N) is 1. The Morgan fingerprint density at radius 3 is 2.83 bits per heavy atom. The number of carbonyl (C=O) groups excluding carboxylic acids is 1. The molecule has 0 saturated heterocycles. The standard InChI is InChI=1S/C17H22N4O2/c1-18-17(23)16-9-13-5-2-3-6-14(13)10-20(16)11-15(22)12-21-8-4-7-19-21/h2-8,15-16,22H,9-12H2,1H3,(H,18,23)/t15-,16+/m0/s1. The predicted molar refractivity (Wildman–Crippen MR) is 86.6 cm³/mol. The number of aromatic nitrogens is 2. The quantitative estimate of drug-likeness (QED) is 0.839. The van der Waals surface area contributed by atoms with Crippen LogP contribution in [-0.2, 0) is 24.3 Å². The molecule has 6 heteroatoms. The van der Waals surface area contributed by atoms with E-state index in [0.29, 0.717) is 26.1 Å². The molecule has 1 aliphatic rings. The molecule has 122 valence electrons. The molecule has 0 bridgehead atoms. The van der Waals surface area contributed by atoms with Crippen LogP contribution in [0, 0.1) is 0 Å². The number of fused-ring (bicyclic) bond motifs is 1. The molecule has 0 fully saturated rings. The van der Waals surface area contributed by atoms with Crippen LogP contribution < -0.4 is 5.32 Å². The van der Waals surface area contributed by atoms with E-state index in [1.165, 1.54) is 11.1 Å². The van der Waals surface area contributed by atoms with Gasteiger partial charge in [0.2, 0.25) is 5.91 Å². The van der Waals surface area contributed by atoms with E-state index < -0.39 is 6.10 Å². The minimum absolute atomic E-state index is 0.00853. The third-order valence-corrected chi connectivity index (χ3v) is 4.30. The second-order valence-corrected chi connectivity index (χ2v) is 5.91. The Bertz CT molecular complexity index is 656. The van der Waals surface area contributed by atoms with E-state index in [1.807, 2.05) is 24.4 Å². The van der Waals surface area contributed by atoms with E-state index in [9.17, 15) is 9.90 Å². The van der Waals surface area contributed by atoms with Crippen LogP contribution in [0.5, 0.6) is 0 Å². The molecule has 0 aliphatic carbocycles. The number of aliphatic hydroxyl groups excluding tert-OH is 1. The molecule has 6 nitrogen and oxygen atoms in total. The second-order valence-electron chi connectivity index (χ2n) is 5.91. The van der Waals surface area contributed by atoms with E-state index in [4.69, 9.17) is 0 Å². The van der Waals surface area contributed by atoms with Gasteiger partial charge in [0.1, 0.15) is 0 Å². The second kappa shape index (κ2) is 6.93. The maximum atomic E-state index is 12.2. The summed E-state index contributed by atoms with van der Waals surface area (Å²) in [7, 11) is 1.65. The van der Waals surface area contributed by atoms with Gasteiger partial charge in [0.05, 0.1) is 18.7 Å². The Labute approximate surface area is 135 Å². The molecule has 2 atom stereocenters. The first-order chi connectivity index (χ1) is 11.2. The van der Waals surface area contributed by atoms with Crippen molar-refractivity contribution in [3.63, 3.8) is 0 Å². The lowest BCUT2D eigenvalue weighted by atomic mass is 9.93. The summed E-state index contributed by atoms with van der Waals surface area (Å²) in [6.45, 7) is 1.53. The number of aliphatic hydroxyl groups is 1. The minimum Gasteiger partial charge on any atom is -0.390 e. The van der Waals surface area contributed by atoms with Crippen molar-refractivity contribution in [1.82, 2.24) is 20.0 Å². The third kappa shape index (κ3) is 3.60. The summed E-state index contributed by atoms with van der Waals surface area (Å²) < 4.78 is 1.71. The Morgan fingerprint density at radius 2 is 2.13 bits per heavy atom. The smallest absolute Gasteiger partial charge is 0.237 e. The van der Waals surface area contributed by atoms with Crippen LogP contribution in [0.1, 0.15) is 11.1 Å². The fourth-order valence-corrected chi connectivity index (χ4v) is 3.15. The number of carbonyl (C=O) groups is 1. The van der Waals surface area contributed by atoms with Gasteiger partial charge in [-0.3, -0.25) is 14.4 Å².